The van der Waals surface area contributed by atoms with Gasteiger partial charge in [-0.05, 0) is 12.1 Å². The van der Waals surface area contributed by atoms with Crippen LogP contribution in [-0.4, -0.2) is 33.8 Å². The number of pyridine rings is 1. The summed E-state index contributed by atoms with van der Waals surface area (Å²) in [5, 5.41) is 0. The third-order valence-corrected chi connectivity index (χ3v) is 3.15. The number of aryl methyl sites for hydroxylation is 1. The minimum absolute atomic E-state index is 0.0375. The summed E-state index contributed by atoms with van der Waals surface area (Å²) in [5.41, 5.74) is 7.82. The highest BCUT2D eigenvalue weighted by molar-refractivity contribution is 5.71. The van der Waals surface area contributed by atoms with Gasteiger partial charge >= 0.3 is 0 Å². The molecule has 2 aromatic rings. The van der Waals surface area contributed by atoms with Crippen LogP contribution in [0.5, 0.6) is 0 Å². The number of aromatic nitrogens is 3. The van der Waals surface area contributed by atoms with E-state index in [9.17, 15) is 0 Å². The normalized spacial score (nSPS) is 25.4. The number of ether oxygens (including phenoxy) is 1. The van der Waals surface area contributed by atoms with Gasteiger partial charge in [0.1, 0.15) is 5.82 Å². The highest BCUT2D eigenvalue weighted by atomic mass is 16.5. The van der Waals surface area contributed by atoms with Gasteiger partial charge in [-0.25, -0.2) is 9.97 Å². The van der Waals surface area contributed by atoms with E-state index in [4.69, 9.17) is 10.5 Å². The quantitative estimate of drug-likeness (QED) is 0.753. The van der Waals surface area contributed by atoms with Crippen LogP contribution in [-0.2, 0) is 11.8 Å². The first kappa shape index (κ1) is 9.74. The summed E-state index contributed by atoms with van der Waals surface area (Å²) >= 11 is 0. The Hall–Kier alpha value is -1.46. The molecule has 0 radical (unpaired) electrons. The van der Waals surface area contributed by atoms with Gasteiger partial charge in [0, 0.05) is 19.3 Å². The predicted octanol–water partition coefficient (Wildman–Crippen LogP) is 0.409. The molecule has 5 heteroatoms. The Kier molecular flexibility index (Phi) is 2.15. The van der Waals surface area contributed by atoms with Gasteiger partial charge in [-0.1, -0.05) is 0 Å². The first-order valence-electron chi connectivity index (χ1n) is 5.38. The lowest BCUT2D eigenvalue weighted by Gasteiger charge is -2.12. The van der Waals surface area contributed by atoms with E-state index in [1.807, 2.05) is 19.2 Å². The Morgan fingerprint density at radius 1 is 1.50 bits per heavy atom. The SMILES string of the molecule is Cn1c(C2COCC2N)nc2ncccc21. The van der Waals surface area contributed by atoms with Crippen molar-refractivity contribution in [2.45, 2.75) is 12.0 Å². The van der Waals surface area contributed by atoms with E-state index in [0.29, 0.717) is 13.2 Å². The van der Waals surface area contributed by atoms with Crippen LogP contribution in [0.15, 0.2) is 18.3 Å². The van der Waals surface area contributed by atoms with Crippen molar-refractivity contribution in [1.82, 2.24) is 14.5 Å². The maximum atomic E-state index is 6.00. The third-order valence-electron chi connectivity index (χ3n) is 3.15. The Morgan fingerprint density at radius 2 is 2.38 bits per heavy atom. The average molecular weight is 218 g/mol. The lowest BCUT2D eigenvalue weighted by Crippen LogP contribution is -2.28. The Labute approximate surface area is 93.2 Å². The molecular weight excluding hydrogens is 204 g/mol. The van der Waals surface area contributed by atoms with Crippen molar-refractivity contribution in [1.29, 1.82) is 0 Å². The molecule has 0 spiro atoms. The van der Waals surface area contributed by atoms with Gasteiger partial charge in [-0.3, -0.25) is 0 Å². The van der Waals surface area contributed by atoms with Crippen molar-refractivity contribution in [3.05, 3.63) is 24.2 Å². The van der Waals surface area contributed by atoms with Gasteiger partial charge in [0.2, 0.25) is 0 Å². The fourth-order valence-corrected chi connectivity index (χ4v) is 2.21. The summed E-state index contributed by atoms with van der Waals surface area (Å²) in [6.45, 7) is 1.26. The predicted molar refractivity (Wildman–Crippen MR) is 60.0 cm³/mol. The van der Waals surface area contributed by atoms with E-state index in [1.165, 1.54) is 0 Å². The lowest BCUT2D eigenvalue weighted by molar-refractivity contribution is 0.190. The smallest absolute Gasteiger partial charge is 0.177 e. The summed E-state index contributed by atoms with van der Waals surface area (Å²) < 4.78 is 7.43. The molecule has 1 fully saturated rings. The molecule has 2 N–H and O–H groups in total. The largest absolute Gasteiger partial charge is 0.379 e. The molecule has 0 aromatic carbocycles. The number of nitrogens with two attached hydrogens (primary N) is 1. The minimum atomic E-state index is 0.0375. The molecular formula is C11H14N4O. The van der Waals surface area contributed by atoms with Crippen LogP contribution in [0.2, 0.25) is 0 Å². The zero-order chi connectivity index (χ0) is 11.1. The zero-order valence-corrected chi connectivity index (χ0v) is 9.13. The maximum Gasteiger partial charge on any atom is 0.177 e. The Balaban J connectivity index is 2.13. The molecule has 3 heterocycles. The van der Waals surface area contributed by atoms with Crippen LogP contribution in [0.25, 0.3) is 11.2 Å². The lowest BCUT2D eigenvalue weighted by atomic mass is 10.0. The minimum Gasteiger partial charge on any atom is -0.379 e. The van der Waals surface area contributed by atoms with Crippen LogP contribution in [0.1, 0.15) is 11.7 Å². The summed E-state index contributed by atoms with van der Waals surface area (Å²) in [6.07, 6.45) is 1.75. The van der Waals surface area contributed by atoms with E-state index in [-0.39, 0.29) is 12.0 Å². The monoisotopic (exact) mass is 218 g/mol. The Bertz CT molecular complexity index is 522. The molecule has 0 saturated carbocycles. The molecule has 2 atom stereocenters. The number of imidazole rings is 1. The van der Waals surface area contributed by atoms with Gasteiger partial charge in [0.05, 0.1) is 24.6 Å². The number of fused-ring (bicyclic) bond motifs is 1. The second-order valence-electron chi connectivity index (χ2n) is 4.18. The van der Waals surface area contributed by atoms with Crippen molar-refractivity contribution < 1.29 is 4.74 Å². The molecule has 2 unspecified atom stereocenters. The highest BCUT2D eigenvalue weighted by Crippen LogP contribution is 2.25. The van der Waals surface area contributed by atoms with Gasteiger partial charge in [0.25, 0.3) is 0 Å². The van der Waals surface area contributed by atoms with E-state index >= 15 is 0 Å². The van der Waals surface area contributed by atoms with Crippen molar-refractivity contribution >= 4 is 11.2 Å². The van der Waals surface area contributed by atoms with Crippen molar-refractivity contribution in [2.24, 2.45) is 12.8 Å². The van der Waals surface area contributed by atoms with E-state index in [0.717, 1.165) is 17.0 Å². The summed E-state index contributed by atoms with van der Waals surface area (Å²) in [4.78, 5) is 8.78. The van der Waals surface area contributed by atoms with Crippen molar-refractivity contribution in [2.75, 3.05) is 13.2 Å². The number of nitrogens with zero attached hydrogens (tertiary/aromatic N) is 3. The second kappa shape index (κ2) is 3.54. The van der Waals surface area contributed by atoms with Crippen LogP contribution < -0.4 is 5.73 Å². The zero-order valence-electron chi connectivity index (χ0n) is 9.13. The van der Waals surface area contributed by atoms with Crippen LogP contribution in [0, 0.1) is 0 Å². The molecule has 84 valence electrons. The summed E-state index contributed by atoms with van der Waals surface area (Å²) in [7, 11) is 2.00. The molecule has 0 amide bonds. The highest BCUT2D eigenvalue weighted by Gasteiger charge is 2.30. The van der Waals surface area contributed by atoms with Crippen LogP contribution in [0.4, 0.5) is 0 Å². The van der Waals surface area contributed by atoms with Crippen LogP contribution in [0.3, 0.4) is 0 Å². The second-order valence-corrected chi connectivity index (χ2v) is 4.18. The van der Waals surface area contributed by atoms with Gasteiger partial charge in [-0.15, -0.1) is 0 Å². The molecule has 1 aliphatic rings. The molecule has 0 bridgehead atoms. The molecule has 2 aromatic heterocycles. The fourth-order valence-electron chi connectivity index (χ4n) is 2.21. The van der Waals surface area contributed by atoms with Gasteiger partial charge in [0.15, 0.2) is 5.65 Å². The summed E-state index contributed by atoms with van der Waals surface area (Å²) in [6, 6.07) is 3.97. The van der Waals surface area contributed by atoms with Crippen LogP contribution >= 0.6 is 0 Å². The van der Waals surface area contributed by atoms with Crippen molar-refractivity contribution in [3.63, 3.8) is 0 Å². The standard InChI is InChI=1S/C11H14N4O/c1-15-9-3-2-4-13-10(9)14-11(15)7-5-16-6-8(7)12/h2-4,7-8H,5-6,12H2,1H3. The first-order valence-corrected chi connectivity index (χ1v) is 5.38. The average Bonchev–Trinajstić information content (AvgIpc) is 2.84. The molecule has 1 saturated heterocycles. The first-order chi connectivity index (χ1) is 7.77. The fraction of sp³-hybridized carbons (Fsp3) is 0.455. The van der Waals surface area contributed by atoms with Gasteiger partial charge < -0.3 is 15.0 Å². The number of hydrogen-bond donors (Lipinski definition) is 1. The van der Waals surface area contributed by atoms with E-state index in [1.54, 1.807) is 6.20 Å². The topological polar surface area (TPSA) is 66.0 Å². The Morgan fingerprint density at radius 3 is 3.06 bits per heavy atom. The van der Waals surface area contributed by atoms with Gasteiger partial charge in [-0.2, -0.15) is 0 Å². The molecule has 1 aliphatic heterocycles. The van der Waals surface area contributed by atoms with Crippen molar-refractivity contribution in [3.8, 4) is 0 Å². The molecule has 5 nitrogen and oxygen atoms in total. The molecule has 3 rings (SSSR count). The third kappa shape index (κ3) is 1.32. The number of rotatable bonds is 1. The van der Waals surface area contributed by atoms with E-state index in [2.05, 4.69) is 14.5 Å². The summed E-state index contributed by atoms with van der Waals surface area (Å²) in [5.74, 6) is 1.15. The number of hydrogen-bond acceptors (Lipinski definition) is 4. The molecule has 16 heavy (non-hydrogen) atoms. The molecule has 0 aliphatic carbocycles. The van der Waals surface area contributed by atoms with E-state index < -0.39 is 0 Å². The maximum absolute atomic E-state index is 6.00.